The van der Waals surface area contributed by atoms with E-state index in [1.165, 1.54) is 0 Å². The van der Waals surface area contributed by atoms with Crippen LogP contribution in [0.25, 0.3) is 0 Å². The molecule has 0 unspecified atom stereocenters. The van der Waals surface area contributed by atoms with Gasteiger partial charge < -0.3 is 0 Å². The van der Waals surface area contributed by atoms with E-state index in [1.807, 2.05) is 19.1 Å². The van der Waals surface area contributed by atoms with E-state index < -0.39 is 11.7 Å². The fourth-order valence-electron chi connectivity index (χ4n) is 3.39. The summed E-state index contributed by atoms with van der Waals surface area (Å²) in [6, 6.07) is 7.24. The van der Waals surface area contributed by atoms with E-state index >= 15 is 0 Å². The number of benzene rings is 1. The number of carbonyl (C=O) groups is 2. The van der Waals surface area contributed by atoms with Crippen molar-refractivity contribution in [3.05, 3.63) is 45.9 Å². The van der Waals surface area contributed by atoms with Gasteiger partial charge in [-0.05, 0) is 19.1 Å². The summed E-state index contributed by atoms with van der Waals surface area (Å²) in [5, 5.41) is 3.22. The van der Waals surface area contributed by atoms with E-state index in [4.69, 9.17) is 0 Å². The van der Waals surface area contributed by atoms with Crippen molar-refractivity contribution in [1.29, 1.82) is 0 Å². The van der Waals surface area contributed by atoms with Gasteiger partial charge in [-0.1, -0.05) is 12.1 Å². The average molecular weight is 356 g/mol. The maximum atomic E-state index is 12.3. The number of anilines is 1. The molecule has 0 bridgehead atoms. The molecule has 1 amide bonds. The number of carbonyl (C=O) groups excluding carboxylic acids is 2. The third-order valence-electron chi connectivity index (χ3n) is 4.74. The largest absolute Gasteiger partial charge is 0.300 e. The molecule has 25 heavy (non-hydrogen) atoms. The molecule has 1 fully saturated rings. The minimum atomic E-state index is -0.415. The number of thiazole rings is 1. The molecular formula is C18H20N4O2S. The summed E-state index contributed by atoms with van der Waals surface area (Å²) >= 11 is 1.68. The van der Waals surface area contributed by atoms with Crippen LogP contribution in [0.2, 0.25) is 0 Å². The van der Waals surface area contributed by atoms with Crippen LogP contribution in [0.1, 0.15) is 21.1 Å². The van der Waals surface area contributed by atoms with Crippen molar-refractivity contribution < 1.29 is 9.59 Å². The zero-order chi connectivity index (χ0) is 17.4. The molecule has 6 nitrogen and oxygen atoms in total. The first kappa shape index (κ1) is 16.4. The summed E-state index contributed by atoms with van der Waals surface area (Å²) < 4.78 is 0. The molecule has 1 aromatic heterocycles. The van der Waals surface area contributed by atoms with Crippen molar-refractivity contribution in [2.75, 3.05) is 37.7 Å². The van der Waals surface area contributed by atoms with Crippen LogP contribution in [0.5, 0.6) is 0 Å². The van der Waals surface area contributed by atoms with Gasteiger partial charge in [0.05, 0.1) is 28.6 Å². The Morgan fingerprint density at radius 3 is 2.52 bits per heavy atom. The second-order valence-electron chi connectivity index (χ2n) is 6.47. The van der Waals surface area contributed by atoms with Crippen molar-refractivity contribution in [3.63, 3.8) is 0 Å². The molecule has 3 heterocycles. The van der Waals surface area contributed by atoms with E-state index in [-0.39, 0.29) is 0 Å². The van der Waals surface area contributed by atoms with Gasteiger partial charge in [-0.15, -0.1) is 11.3 Å². The quantitative estimate of drug-likeness (QED) is 0.782. The van der Waals surface area contributed by atoms with E-state index in [1.54, 1.807) is 28.4 Å². The molecule has 0 spiro atoms. The third-order valence-corrected chi connectivity index (χ3v) is 5.56. The molecule has 7 heteroatoms. The van der Waals surface area contributed by atoms with Gasteiger partial charge >= 0.3 is 5.91 Å². The highest BCUT2D eigenvalue weighted by molar-refractivity contribution is 7.09. The van der Waals surface area contributed by atoms with Gasteiger partial charge in [-0.3, -0.25) is 24.3 Å². The number of aryl methyl sites for hydroxylation is 1. The second-order valence-corrected chi connectivity index (χ2v) is 7.54. The molecule has 0 saturated carbocycles. The molecule has 4 rings (SSSR count). The second kappa shape index (κ2) is 6.67. The summed E-state index contributed by atoms with van der Waals surface area (Å²) in [6.07, 6.45) is 0. The van der Waals surface area contributed by atoms with Crippen molar-refractivity contribution in [3.8, 4) is 0 Å². The topological polar surface area (TPSA) is 56.8 Å². The third kappa shape index (κ3) is 3.22. The summed E-state index contributed by atoms with van der Waals surface area (Å²) in [6.45, 7) is 7.01. The van der Waals surface area contributed by atoms with Crippen molar-refractivity contribution in [2.45, 2.75) is 13.5 Å². The lowest BCUT2D eigenvalue weighted by molar-refractivity contribution is -0.114. The minimum Gasteiger partial charge on any atom is -0.295 e. The number of fused-ring (bicyclic) bond motifs is 1. The van der Waals surface area contributed by atoms with Crippen LogP contribution >= 0.6 is 11.3 Å². The lowest BCUT2D eigenvalue weighted by Gasteiger charge is -2.36. The van der Waals surface area contributed by atoms with Gasteiger partial charge in [0.25, 0.3) is 5.78 Å². The molecule has 1 aromatic carbocycles. The number of hydrogen-bond donors (Lipinski definition) is 0. The Kier molecular flexibility index (Phi) is 4.37. The van der Waals surface area contributed by atoms with E-state index in [0.717, 1.165) is 49.1 Å². The molecule has 0 radical (unpaired) electrons. The Balaban J connectivity index is 1.36. The number of para-hydroxylation sites is 1. The number of nitrogens with zero attached hydrogens (tertiary/aromatic N) is 4. The van der Waals surface area contributed by atoms with Gasteiger partial charge in [-0.25, -0.2) is 4.98 Å². The predicted octanol–water partition coefficient (Wildman–Crippen LogP) is 1.76. The van der Waals surface area contributed by atoms with E-state index in [0.29, 0.717) is 12.2 Å². The lowest BCUT2D eigenvalue weighted by atomic mass is 10.1. The van der Waals surface area contributed by atoms with Crippen LogP contribution in [0, 0.1) is 6.92 Å². The van der Waals surface area contributed by atoms with Crippen molar-refractivity contribution in [2.24, 2.45) is 0 Å². The molecular weight excluding hydrogens is 336 g/mol. The summed E-state index contributed by atoms with van der Waals surface area (Å²) in [4.78, 5) is 35.1. The van der Waals surface area contributed by atoms with Gasteiger partial charge in [0.2, 0.25) is 0 Å². The van der Waals surface area contributed by atoms with Crippen LogP contribution in [0.15, 0.2) is 29.6 Å². The van der Waals surface area contributed by atoms with Crippen LogP contribution in [-0.4, -0.2) is 59.3 Å². The number of hydrogen-bond acceptors (Lipinski definition) is 6. The highest BCUT2D eigenvalue weighted by Gasteiger charge is 2.36. The Hall–Kier alpha value is -2.09. The van der Waals surface area contributed by atoms with E-state index in [9.17, 15) is 9.59 Å². The minimum absolute atomic E-state index is 0.395. The number of amides is 1. The number of Topliss-reactive ketones (excluding diaryl/α,β-unsaturated/α-hetero) is 1. The number of ketones is 1. The molecule has 0 atom stereocenters. The fourth-order valence-corrected chi connectivity index (χ4v) is 3.99. The van der Waals surface area contributed by atoms with E-state index in [2.05, 4.69) is 20.2 Å². The molecule has 0 aliphatic carbocycles. The molecule has 1 saturated heterocycles. The first-order chi connectivity index (χ1) is 12.1. The van der Waals surface area contributed by atoms with Crippen LogP contribution in [0.4, 0.5) is 5.69 Å². The number of aromatic nitrogens is 1. The van der Waals surface area contributed by atoms with Crippen molar-refractivity contribution >= 4 is 28.7 Å². The summed E-state index contributed by atoms with van der Waals surface area (Å²) in [5.74, 6) is -0.810. The smallest absolute Gasteiger partial charge is 0.295 e. The Bertz CT molecular complexity index is 811. The summed E-state index contributed by atoms with van der Waals surface area (Å²) in [7, 11) is 0. The van der Waals surface area contributed by atoms with Crippen LogP contribution in [-0.2, 0) is 11.3 Å². The predicted molar refractivity (Wildman–Crippen MR) is 96.8 cm³/mol. The normalized spacial score (nSPS) is 18.8. The highest BCUT2D eigenvalue weighted by atomic mass is 32.1. The lowest BCUT2D eigenvalue weighted by Crippen LogP contribution is -2.50. The molecule has 2 aliphatic heterocycles. The maximum Gasteiger partial charge on any atom is 0.300 e. The van der Waals surface area contributed by atoms with Gasteiger partial charge in [0, 0.05) is 38.1 Å². The first-order valence-corrected chi connectivity index (χ1v) is 9.31. The van der Waals surface area contributed by atoms with Crippen LogP contribution in [0.3, 0.4) is 0 Å². The van der Waals surface area contributed by atoms with Gasteiger partial charge in [0.15, 0.2) is 0 Å². The Morgan fingerprint density at radius 1 is 1.08 bits per heavy atom. The standard InChI is InChI=1S/C18H20N4O2S/c1-13-19-14(11-25-13)10-20-6-8-21(9-7-20)12-22-16-5-3-2-4-15(16)17(23)18(22)24/h2-5,11H,6-10,12H2,1H3. The SMILES string of the molecule is Cc1nc(CN2CCN(CN3C(=O)C(=O)c4ccccc43)CC2)cs1. The van der Waals surface area contributed by atoms with Gasteiger partial charge in [-0.2, -0.15) is 0 Å². The Morgan fingerprint density at radius 2 is 1.80 bits per heavy atom. The number of piperazine rings is 1. The van der Waals surface area contributed by atoms with Crippen molar-refractivity contribution in [1.82, 2.24) is 14.8 Å². The van der Waals surface area contributed by atoms with Gasteiger partial charge in [0.1, 0.15) is 0 Å². The molecule has 0 N–H and O–H groups in total. The van der Waals surface area contributed by atoms with Crippen LogP contribution < -0.4 is 4.90 Å². The first-order valence-electron chi connectivity index (χ1n) is 8.43. The molecule has 130 valence electrons. The molecule has 2 aliphatic rings. The summed E-state index contributed by atoms with van der Waals surface area (Å²) in [5.41, 5.74) is 2.38. The fraction of sp³-hybridized carbons (Fsp3) is 0.389. The highest BCUT2D eigenvalue weighted by Crippen LogP contribution is 2.28. The number of rotatable bonds is 4. The average Bonchev–Trinajstić information content (AvgIpc) is 3.14. The maximum absolute atomic E-state index is 12.3. The zero-order valence-corrected chi connectivity index (χ0v) is 15.0. The monoisotopic (exact) mass is 356 g/mol. The molecule has 2 aromatic rings. The zero-order valence-electron chi connectivity index (χ0n) is 14.1. The Labute approximate surface area is 150 Å².